The summed E-state index contributed by atoms with van der Waals surface area (Å²) in [5.41, 5.74) is 3.55. The number of hydrogen-bond donors (Lipinski definition) is 0. The molecule has 0 radical (unpaired) electrons. The van der Waals surface area contributed by atoms with Gasteiger partial charge in [-0.1, -0.05) is 72.8 Å². The predicted molar refractivity (Wildman–Crippen MR) is 142 cm³/mol. The summed E-state index contributed by atoms with van der Waals surface area (Å²) in [6.45, 7) is 6.71. The zero-order valence-corrected chi connectivity index (χ0v) is 20.9. The molecule has 6 heteroatoms. The summed E-state index contributed by atoms with van der Waals surface area (Å²) in [7, 11) is 0. The van der Waals surface area contributed by atoms with Crippen LogP contribution in [0.25, 0.3) is 0 Å². The quantitative estimate of drug-likeness (QED) is 0.334. The molecule has 6 nitrogen and oxygen atoms in total. The predicted octanol–water partition coefficient (Wildman–Crippen LogP) is 5.07. The van der Waals surface area contributed by atoms with Gasteiger partial charge in [0.15, 0.2) is 0 Å². The molecule has 4 aromatic rings. The number of piperidine rings is 1. The van der Waals surface area contributed by atoms with Crippen LogP contribution in [-0.2, 0) is 26.2 Å². The van der Waals surface area contributed by atoms with E-state index in [1.54, 1.807) is 4.68 Å². The Morgan fingerprint density at radius 2 is 1.42 bits per heavy atom. The van der Waals surface area contributed by atoms with Crippen LogP contribution in [0.3, 0.4) is 0 Å². The van der Waals surface area contributed by atoms with Crippen LogP contribution in [0.2, 0.25) is 0 Å². The number of likely N-dealkylation sites (tertiary alicyclic amines) is 1. The monoisotopic (exact) mass is 482 g/mol. The van der Waals surface area contributed by atoms with Crippen LogP contribution in [0.5, 0.6) is 5.75 Å². The van der Waals surface area contributed by atoms with Gasteiger partial charge < -0.3 is 4.74 Å². The minimum absolute atomic E-state index is 0.00615. The van der Waals surface area contributed by atoms with Crippen LogP contribution in [0, 0.1) is 0 Å². The summed E-state index contributed by atoms with van der Waals surface area (Å²) in [5.74, 6) is 2.16. The van der Waals surface area contributed by atoms with Gasteiger partial charge in [0, 0.05) is 19.0 Å². The Balaban J connectivity index is 1.16. The molecule has 0 spiro atoms. The van der Waals surface area contributed by atoms with Gasteiger partial charge in [-0.3, -0.25) is 9.47 Å². The largest absolute Gasteiger partial charge is 0.489 e. The zero-order valence-electron chi connectivity index (χ0n) is 20.9. The average Bonchev–Trinajstić information content (AvgIpc) is 3.24. The SMILES string of the molecule is CCn1c(C2CCN(Cc3ccc(OCc4ccccc4)cc3)CC2)nn(Cc2ccccc2)c1=O. The van der Waals surface area contributed by atoms with Crippen molar-refractivity contribution < 1.29 is 4.74 Å². The Morgan fingerprint density at radius 1 is 0.806 bits per heavy atom. The van der Waals surface area contributed by atoms with E-state index in [4.69, 9.17) is 9.84 Å². The number of rotatable bonds is 9. The average molecular weight is 483 g/mol. The summed E-state index contributed by atoms with van der Waals surface area (Å²) in [4.78, 5) is 15.5. The van der Waals surface area contributed by atoms with Gasteiger partial charge in [-0.25, -0.2) is 9.48 Å². The topological polar surface area (TPSA) is 52.3 Å². The highest BCUT2D eigenvalue weighted by Gasteiger charge is 2.26. The van der Waals surface area contributed by atoms with Crippen LogP contribution in [-0.4, -0.2) is 32.3 Å². The van der Waals surface area contributed by atoms with Crippen molar-refractivity contribution in [1.29, 1.82) is 0 Å². The van der Waals surface area contributed by atoms with E-state index >= 15 is 0 Å². The highest BCUT2D eigenvalue weighted by atomic mass is 16.5. The second-order valence-corrected chi connectivity index (χ2v) is 9.50. The van der Waals surface area contributed by atoms with Crippen molar-refractivity contribution in [1.82, 2.24) is 19.2 Å². The highest BCUT2D eigenvalue weighted by molar-refractivity contribution is 5.28. The van der Waals surface area contributed by atoms with Crippen LogP contribution < -0.4 is 10.4 Å². The molecule has 5 rings (SSSR count). The number of aromatic nitrogens is 3. The molecule has 0 amide bonds. The van der Waals surface area contributed by atoms with E-state index in [1.807, 2.05) is 60.0 Å². The van der Waals surface area contributed by atoms with Gasteiger partial charge >= 0.3 is 5.69 Å². The molecule has 2 heterocycles. The van der Waals surface area contributed by atoms with Gasteiger partial charge in [-0.2, -0.15) is 5.10 Å². The fraction of sp³-hybridized carbons (Fsp3) is 0.333. The molecule has 3 aromatic carbocycles. The van der Waals surface area contributed by atoms with Gasteiger partial charge in [0.25, 0.3) is 0 Å². The number of hydrogen-bond acceptors (Lipinski definition) is 4. The lowest BCUT2D eigenvalue weighted by molar-refractivity contribution is 0.199. The van der Waals surface area contributed by atoms with Crippen molar-refractivity contribution >= 4 is 0 Å². The minimum atomic E-state index is -0.00615. The van der Waals surface area contributed by atoms with Gasteiger partial charge in [-0.05, 0) is 61.7 Å². The molecule has 1 saturated heterocycles. The molecule has 186 valence electrons. The molecular formula is C30H34N4O2. The van der Waals surface area contributed by atoms with Crippen molar-refractivity contribution in [2.45, 2.75) is 51.9 Å². The second-order valence-electron chi connectivity index (χ2n) is 9.50. The van der Waals surface area contributed by atoms with E-state index in [-0.39, 0.29) is 5.69 Å². The molecule has 1 aromatic heterocycles. The maximum absolute atomic E-state index is 13.0. The number of benzene rings is 3. The fourth-order valence-corrected chi connectivity index (χ4v) is 4.96. The first-order valence-corrected chi connectivity index (χ1v) is 12.9. The third-order valence-electron chi connectivity index (χ3n) is 6.97. The summed E-state index contributed by atoms with van der Waals surface area (Å²) < 4.78 is 9.41. The van der Waals surface area contributed by atoms with E-state index in [2.05, 4.69) is 41.3 Å². The molecule has 0 unspecified atom stereocenters. The molecule has 1 fully saturated rings. The lowest BCUT2D eigenvalue weighted by atomic mass is 9.95. The fourth-order valence-electron chi connectivity index (χ4n) is 4.96. The Bertz CT molecular complexity index is 1290. The minimum Gasteiger partial charge on any atom is -0.489 e. The van der Waals surface area contributed by atoms with Crippen LogP contribution in [0.1, 0.15) is 48.2 Å². The smallest absolute Gasteiger partial charge is 0.346 e. The molecule has 36 heavy (non-hydrogen) atoms. The van der Waals surface area contributed by atoms with E-state index in [9.17, 15) is 4.79 Å². The molecule has 0 saturated carbocycles. The second kappa shape index (κ2) is 11.4. The Hall–Kier alpha value is -3.64. The maximum Gasteiger partial charge on any atom is 0.346 e. The Kier molecular flexibility index (Phi) is 7.62. The zero-order chi connectivity index (χ0) is 24.7. The Labute approximate surface area is 212 Å². The standard InChI is InChI=1S/C30H34N4O2/c1-2-33-29(31-34(30(33)35)22-24-9-5-3-6-10-24)27-17-19-32(20-18-27)21-25-13-15-28(16-14-25)36-23-26-11-7-4-8-12-26/h3-16,27H,2,17-23H2,1H3. The van der Waals surface area contributed by atoms with Crippen molar-refractivity contribution in [3.05, 3.63) is 118 Å². The van der Waals surface area contributed by atoms with Gasteiger partial charge in [0.1, 0.15) is 18.2 Å². The highest BCUT2D eigenvalue weighted by Crippen LogP contribution is 2.27. The number of nitrogens with zero attached hydrogens (tertiary/aromatic N) is 4. The molecule has 0 N–H and O–H groups in total. The molecule has 0 aliphatic carbocycles. The molecule has 1 aliphatic rings. The van der Waals surface area contributed by atoms with E-state index in [0.29, 0.717) is 25.6 Å². The Morgan fingerprint density at radius 3 is 2.06 bits per heavy atom. The summed E-state index contributed by atoms with van der Waals surface area (Å²) in [6.07, 6.45) is 2.03. The lowest BCUT2D eigenvalue weighted by Crippen LogP contribution is -2.33. The summed E-state index contributed by atoms with van der Waals surface area (Å²) in [6, 6.07) is 28.7. The number of ether oxygens (including phenoxy) is 1. The van der Waals surface area contributed by atoms with Gasteiger partial charge in [0.05, 0.1) is 6.54 Å². The van der Waals surface area contributed by atoms with Gasteiger partial charge in [-0.15, -0.1) is 0 Å². The van der Waals surface area contributed by atoms with Crippen LogP contribution >= 0.6 is 0 Å². The van der Waals surface area contributed by atoms with E-state index < -0.39 is 0 Å². The van der Waals surface area contributed by atoms with E-state index in [1.165, 1.54) is 11.1 Å². The summed E-state index contributed by atoms with van der Waals surface area (Å²) >= 11 is 0. The maximum atomic E-state index is 13.0. The van der Waals surface area contributed by atoms with Crippen molar-refractivity contribution in [3.8, 4) is 5.75 Å². The van der Waals surface area contributed by atoms with Crippen LogP contribution in [0.15, 0.2) is 89.7 Å². The molecule has 0 bridgehead atoms. The van der Waals surface area contributed by atoms with Gasteiger partial charge in [0.2, 0.25) is 0 Å². The lowest BCUT2D eigenvalue weighted by Gasteiger charge is -2.31. The van der Waals surface area contributed by atoms with Crippen LogP contribution in [0.4, 0.5) is 0 Å². The molecule has 1 aliphatic heterocycles. The first kappa shape index (κ1) is 24.1. The van der Waals surface area contributed by atoms with Crippen molar-refractivity contribution in [3.63, 3.8) is 0 Å². The third kappa shape index (κ3) is 5.77. The molecule has 0 atom stereocenters. The third-order valence-corrected chi connectivity index (χ3v) is 6.97. The normalized spacial score (nSPS) is 14.7. The first-order valence-electron chi connectivity index (χ1n) is 12.9. The molecular weight excluding hydrogens is 448 g/mol. The van der Waals surface area contributed by atoms with Crippen molar-refractivity contribution in [2.24, 2.45) is 0 Å². The van der Waals surface area contributed by atoms with E-state index in [0.717, 1.165) is 49.6 Å². The first-order chi connectivity index (χ1) is 17.7. The summed E-state index contributed by atoms with van der Waals surface area (Å²) in [5, 5.41) is 4.79. The van der Waals surface area contributed by atoms with Crippen molar-refractivity contribution in [2.75, 3.05) is 13.1 Å².